The van der Waals surface area contributed by atoms with Gasteiger partial charge in [0.05, 0.1) is 27.7 Å². The first kappa shape index (κ1) is 65.5. The number of phosphoric ester groups is 1. The van der Waals surface area contributed by atoms with Gasteiger partial charge in [0.15, 0.2) is 6.10 Å². The summed E-state index contributed by atoms with van der Waals surface area (Å²) in [6.45, 7) is 4.29. The van der Waals surface area contributed by atoms with Crippen LogP contribution < -0.4 is 0 Å². The minimum absolute atomic E-state index is 0.0240. The zero-order valence-corrected chi connectivity index (χ0v) is 45.5. The van der Waals surface area contributed by atoms with Crippen molar-refractivity contribution in [3.63, 3.8) is 0 Å². The number of unbranched alkanes of at least 4 members (excludes halogenated alkanes) is 24. The third kappa shape index (κ3) is 52.8. The number of allylic oxidation sites excluding steroid dienone is 12. The fourth-order valence-corrected chi connectivity index (χ4v) is 8.19. The fourth-order valence-electron chi connectivity index (χ4n) is 7.45. The average molecular weight is 975 g/mol. The van der Waals surface area contributed by atoms with Crippen LogP contribution in [0.15, 0.2) is 72.9 Å². The van der Waals surface area contributed by atoms with Gasteiger partial charge in [0.25, 0.3) is 0 Å². The molecule has 0 aromatic carbocycles. The Hall–Kier alpha value is -2.55. The fraction of sp³-hybridized carbons (Fsp3) is 0.759. The molecule has 0 aromatic rings. The lowest BCUT2D eigenvalue weighted by atomic mass is 10.0. The molecule has 0 rings (SSSR count). The number of carbonyl (C=O) groups is 2. The molecule has 0 fully saturated rings. The zero-order chi connectivity index (χ0) is 49.9. The van der Waals surface area contributed by atoms with Crippen LogP contribution in [0.4, 0.5) is 0 Å². The first-order valence-electron chi connectivity index (χ1n) is 27.7. The van der Waals surface area contributed by atoms with Gasteiger partial charge in [-0.1, -0.05) is 209 Å². The number of nitrogens with zero attached hydrogens (tertiary/aromatic N) is 1. The summed E-state index contributed by atoms with van der Waals surface area (Å²) in [6.07, 6.45) is 64.0. The molecule has 394 valence electrons. The van der Waals surface area contributed by atoms with Crippen molar-refractivity contribution in [1.29, 1.82) is 0 Å². The van der Waals surface area contributed by atoms with Crippen LogP contribution in [0.2, 0.25) is 0 Å². The molecule has 0 saturated carbocycles. The van der Waals surface area contributed by atoms with Crippen molar-refractivity contribution in [3.05, 3.63) is 72.9 Å². The summed E-state index contributed by atoms with van der Waals surface area (Å²) in [5.41, 5.74) is 0. The maximum atomic E-state index is 12.8. The summed E-state index contributed by atoms with van der Waals surface area (Å²) >= 11 is 0. The lowest BCUT2D eigenvalue weighted by Crippen LogP contribution is -2.37. The second-order valence-corrected chi connectivity index (χ2v) is 21.0. The van der Waals surface area contributed by atoms with Gasteiger partial charge in [-0.15, -0.1) is 0 Å². The molecule has 0 aliphatic carbocycles. The van der Waals surface area contributed by atoms with Gasteiger partial charge < -0.3 is 18.9 Å². The Bertz CT molecular complexity index is 1380. The number of carbonyl (C=O) groups excluding carboxylic acids is 2. The van der Waals surface area contributed by atoms with E-state index in [1.807, 2.05) is 21.1 Å². The first-order chi connectivity index (χ1) is 33.0. The van der Waals surface area contributed by atoms with Crippen LogP contribution in [-0.4, -0.2) is 74.9 Å². The van der Waals surface area contributed by atoms with E-state index in [9.17, 15) is 19.0 Å². The predicted molar refractivity (Wildman–Crippen MR) is 289 cm³/mol. The lowest BCUT2D eigenvalue weighted by Gasteiger charge is -2.24. The van der Waals surface area contributed by atoms with Crippen molar-refractivity contribution >= 4 is 19.8 Å². The Kier molecular flexibility index (Phi) is 47.6. The molecule has 0 saturated heterocycles. The van der Waals surface area contributed by atoms with Crippen LogP contribution in [-0.2, 0) is 32.7 Å². The third-order valence-electron chi connectivity index (χ3n) is 11.7. The number of hydrogen-bond donors (Lipinski definition) is 1. The van der Waals surface area contributed by atoms with Gasteiger partial charge in [-0.25, -0.2) is 4.57 Å². The quantitative estimate of drug-likeness (QED) is 0.0211. The number of phosphoric acid groups is 1. The molecule has 0 aliphatic heterocycles. The highest BCUT2D eigenvalue weighted by molar-refractivity contribution is 7.47. The monoisotopic (exact) mass is 975 g/mol. The maximum Gasteiger partial charge on any atom is 0.472 e. The number of rotatable bonds is 50. The van der Waals surface area contributed by atoms with E-state index in [2.05, 4.69) is 86.8 Å². The minimum Gasteiger partial charge on any atom is -0.462 e. The Labute approximate surface area is 418 Å². The number of hydrogen-bond acceptors (Lipinski definition) is 7. The van der Waals surface area contributed by atoms with Crippen molar-refractivity contribution in [2.24, 2.45) is 0 Å². The number of likely N-dealkylation sites (N-methyl/N-ethyl adjacent to an activating group) is 1. The Balaban J connectivity index is 4.17. The SMILES string of the molecule is CC/C=C\C/C=C\C/C=C\C/C=C\CCCCCCC(=O)OC(COC(=O)CCCCCCCCCCCCCCCCC/C=C\C/C=C\CCCCCCC)COP(=O)(O)OCC[N+](C)(C)C. The van der Waals surface area contributed by atoms with E-state index in [1.54, 1.807) is 0 Å². The van der Waals surface area contributed by atoms with Crippen molar-refractivity contribution in [2.75, 3.05) is 47.5 Å². The molecular weight excluding hydrogens is 870 g/mol. The number of ether oxygens (including phenoxy) is 2. The third-order valence-corrected chi connectivity index (χ3v) is 12.7. The molecule has 0 bridgehead atoms. The van der Waals surface area contributed by atoms with Crippen molar-refractivity contribution in [3.8, 4) is 0 Å². The van der Waals surface area contributed by atoms with E-state index < -0.39 is 26.5 Å². The lowest BCUT2D eigenvalue weighted by molar-refractivity contribution is -0.870. The zero-order valence-electron chi connectivity index (χ0n) is 44.6. The van der Waals surface area contributed by atoms with E-state index in [4.69, 9.17) is 18.5 Å². The molecule has 2 atom stereocenters. The van der Waals surface area contributed by atoms with E-state index in [-0.39, 0.29) is 32.0 Å². The summed E-state index contributed by atoms with van der Waals surface area (Å²) in [5, 5.41) is 0. The normalized spacial score (nSPS) is 13.9. The number of quaternary nitrogens is 1. The Morgan fingerprint density at radius 2 is 0.838 bits per heavy atom. The molecule has 0 radical (unpaired) electrons. The number of esters is 2. The molecule has 0 aliphatic rings. The summed E-state index contributed by atoms with van der Waals surface area (Å²) in [5.74, 6) is -0.824. The molecule has 10 heteroatoms. The molecule has 1 N–H and O–H groups in total. The largest absolute Gasteiger partial charge is 0.472 e. The summed E-state index contributed by atoms with van der Waals surface area (Å²) < 4.78 is 34.5. The molecule has 68 heavy (non-hydrogen) atoms. The van der Waals surface area contributed by atoms with E-state index in [0.29, 0.717) is 17.4 Å². The highest BCUT2D eigenvalue weighted by atomic mass is 31.2. The van der Waals surface area contributed by atoms with Crippen LogP contribution in [0.3, 0.4) is 0 Å². The average Bonchev–Trinajstić information content (AvgIpc) is 3.30. The van der Waals surface area contributed by atoms with Crippen molar-refractivity contribution in [2.45, 2.75) is 238 Å². The Morgan fingerprint density at radius 3 is 1.25 bits per heavy atom. The second-order valence-electron chi connectivity index (χ2n) is 19.6. The molecule has 2 unspecified atom stereocenters. The summed E-state index contributed by atoms with van der Waals surface area (Å²) in [4.78, 5) is 35.6. The first-order valence-corrected chi connectivity index (χ1v) is 29.2. The molecule has 0 aromatic heterocycles. The Morgan fingerprint density at radius 1 is 0.471 bits per heavy atom. The van der Waals surface area contributed by atoms with Gasteiger partial charge in [0, 0.05) is 12.8 Å². The standard InChI is InChI=1S/C58H104NO8P/c1-6-8-10-12-14-16-18-20-22-24-25-26-27-28-29-30-31-32-33-35-36-38-40-42-44-46-48-50-57(60)64-54-56(55-66-68(62,63)65-53-52-59(3,4)5)67-58(61)51-49-47-45-43-41-39-37-34-23-21-19-17-15-13-11-9-7-2/h9,11,15,17-18,20-21,23-25,37,39,56H,6-8,10,12-14,16,19,22,26-36,38,40-55H2,1-5H3/p+1/b11-9-,17-15-,20-18-,23-21-,25-24-,39-37-. The van der Waals surface area contributed by atoms with Crippen LogP contribution in [0.25, 0.3) is 0 Å². The van der Waals surface area contributed by atoms with E-state index >= 15 is 0 Å². The highest BCUT2D eigenvalue weighted by Crippen LogP contribution is 2.43. The molecule has 9 nitrogen and oxygen atoms in total. The molecule has 0 spiro atoms. The van der Waals surface area contributed by atoms with Crippen LogP contribution >= 0.6 is 7.82 Å². The maximum absolute atomic E-state index is 12.8. The molecular formula is C58H105NO8P+. The van der Waals surface area contributed by atoms with E-state index in [1.165, 1.54) is 122 Å². The van der Waals surface area contributed by atoms with Crippen LogP contribution in [0, 0.1) is 0 Å². The van der Waals surface area contributed by atoms with Gasteiger partial charge in [-0.05, 0) is 83.5 Å². The predicted octanol–water partition coefficient (Wildman–Crippen LogP) is 16.9. The second kappa shape index (κ2) is 49.4. The smallest absolute Gasteiger partial charge is 0.462 e. The molecule has 0 amide bonds. The van der Waals surface area contributed by atoms with Crippen molar-refractivity contribution < 1.29 is 42.1 Å². The van der Waals surface area contributed by atoms with Gasteiger partial charge >= 0.3 is 19.8 Å². The van der Waals surface area contributed by atoms with Crippen LogP contribution in [0.1, 0.15) is 232 Å². The topological polar surface area (TPSA) is 108 Å². The van der Waals surface area contributed by atoms with Gasteiger partial charge in [-0.2, -0.15) is 0 Å². The minimum atomic E-state index is -4.39. The van der Waals surface area contributed by atoms with Crippen LogP contribution in [0.5, 0.6) is 0 Å². The van der Waals surface area contributed by atoms with Crippen molar-refractivity contribution in [1.82, 2.24) is 0 Å². The van der Waals surface area contributed by atoms with Gasteiger partial charge in [-0.3, -0.25) is 18.6 Å². The summed E-state index contributed by atoms with van der Waals surface area (Å²) in [7, 11) is 1.45. The highest BCUT2D eigenvalue weighted by Gasteiger charge is 2.27. The molecule has 0 heterocycles. The summed E-state index contributed by atoms with van der Waals surface area (Å²) in [6, 6.07) is 0. The van der Waals surface area contributed by atoms with Gasteiger partial charge in [0.2, 0.25) is 0 Å². The van der Waals surface area contributed by atoms with Gasteiger partial charge in [0.1, 0.15) is 19.8 Å². The van der Waals surface area contributed by atoms with E-state index in [0.717, 1.165) is 77.0 Å².